The fourth-order valence-electron chi connectivity index (χ4n) is 3.08. The molecule has 0 saturated carbocycles. The second-order valence-electron chi connectivity index (χ2n) is 5.89. The van der Waals surface area contributed by atoms with Crippen LogP contribution in [0, 0.1) is 6.92 Å². The van der Waals surface area contributed by atoms with E-state index in [2.05, 4.69) is 27.0 Å². The van der Waals surface area contributed by atoms with Crippen molar-refractivity contribution >= 4 is 22.0 Å². The van der Waals surface area contributed by atoms with E-state index in [1.807, 2.05) is 44.2 Å². The molecule has 2 aromatic rings. The van der Waals surface area contributed by atoms with E-state index in [9.17, 15) is 0 Å². The molecule has 3 rings (SSSR count). The Kier molecular flexibility index (Phi) is 4.90. The second-order valence-corrected chi connectivity index (χ2v) is 6.81. The molecule has 0 saturated heterocycles. The molecule has 1 unspecified atom stereocenters. The highest BCUT2D eigenvalue weighted by atomic mass is 79.9. The van der Waals surface area contributed by atoms with E-state index in [-0.39, 0.29) is 6.02 Å². The molecule has 132 valence electrons. The van der Waals surface area contributed by atoms with Crippen LogP contribution in [0.25, 0.3) is 0 Å². The first kappa shape index (κ1) is 17.6. The minimum absolute atomic E-state index is 0.186. The molecule has 2 aromatic carbocycles. The third-order valence-electron chi connectivity index (χ3n) is 4.26. The average Bonchev–Trinajstić information content (AvgIpc) is 2.98. The van der Waals surface area contributed by atoms with Crippen molar-refractivity contribution in [3.63, 3.8) is 0 Å². The number of nitrogens with two attached hydrogens (primary N) is 1. The predicted octanol–water partition coefficient (Wildman–Crippen LogP) is 3.75. The fourth-order valence-corrected chi connectivity index (χ4v) is 3.55. The standard InChI is InChI=1S/C19H21BrN2O3/c1-4-24-16-9-14(8-15(20)10-16)19(11-25-18(21)22-19)13-5-6-17(23-3)12(2)7-13/h5-10H,4,11H2,1-3H3,(H2,21,22). The van der Waals surface area contributed by atoms with Crippen LogP contribution in [0.5, 0.6) is 11.5 Å². The molecule has 0 spiro atoms. The zero-order valence-corrected chi connectivity index (χ0v) is 16.1. The van der Waals surface area contributed by atoms with Gasteiger partial charge in [0.05, 0.1) is 13.7 Å². The first-order chi connectivity index (χ1) is 12.0. The maximum atomic E-state index is 5.87. The monoisotopic (exact) mass is 404 g/mol. The van der Waals surface area contributed by atoms with E-state index in [4.69, 9.17) is 19.9 Å². The van der Waals surface area contributed by atoms with Crippen LogP contribution >= 0.6 is 15.9 Å². The van der Waals surface area contributed by atoms with Crippen molar-refractivity contribution in [2.75, 3.05) is 20.3 Å². The summed E-state index contributed by atoms with van der Waals surface area (Å²) in [6.45, 7) is 4.89. The zero-order valence-electron chi connectivity index (χ0n) is 14.5. The van der Waals surface area contributed by atoms with E-state index < -0.39 is 5.54 Å². The first-order valence-corrected chi connectivity index (χ1v) is 8.85. The van der Waals surface area contributed by atoms with Crippen LogP contribution in [-0.2, 0) is 10.3 Å². The molecule has 0 amide bonds. The molecule has 0 fully saturated rings. The SMILES string of the molecule is CCOc1cc(Br)cc(C2(c3ccc(OC)c(C)c3)COC(N)=N2)c1. The fraction of sp³-hybridized carbons (Fsp3) is 0.316. The molecular weight excluding hydrogens is 384 g/mol. The van der Waals surface area contributed by atoms with Crippen LogP contribution < -0.4 is 15.2 Å². The largest absolute Gasteiger partial charge is 0.496 e. The van der Waals surface area contributed by atoms with Crippen LogP contribution in [0.15, 0.2) is 45.9 Å². The lowest BCUT2D eigenvalue weighted by molar-refractivity contribution is 0.277. The molecule has 0 aliphatic carbocycles. The van der Waals surface area contributed by atoms with Gasteiger partial charge in [-0.15, -0.1) is 0 Å². The maximum absolute atomic E-state index is 5.87. The Balaban J connectivity index is 2.17. The number of hydrogen-bond acceptors (Lipinski definition) is 5. The van der Waals surface area contributed by atoms with Gasteiger partial charge in [-0.2, -0.15) is 0 Å². The number of halogens is 1. The van der Waals surface area contributed by atoms with Crippen LogP contribution in [-0.4, -0.2) is 26.3 Å². The number of aliphatic imine (C=N–C) groups is 1. The highest BCUT2D eigenvalue weighted by Gasteiger charge is 2.40. The predicted molar refractivity (Wildman–Crippen MR) is 101 cm³/mol. The Morgan fingerprint density at radius 2 is 2.04 bits per heavy atom. The van der Waals surface area contributed by atoms with Crippen LogP contribution in [0.3, 0.4) is 0 Å². The van der Waals surface area contributed by atoms with Gasteiger partial charge < -0.3 is 19.9 Å². The van der Waals surface area contributed by atoms with Crippen LogP contribution in [0.2, 0.25) is 0 Å². The molecular formula is C19H21BrN2O3. The van der Waals surface area contributed by atoms with Crippen molar-refractivity contribution in [3.8, 4) is 11.5 Å². The normalized spacial score (nSPS) is 19.3. The number of methoxy groups -OCH3 is 1. The highest BCUT2D eigenvalue weighted by molar-refractivity contribution is 9.10. The lowest BCUT2D eigenvalue weighted by Gasteiger charge is -2.26. The average molecular weight is 405 g/mol. The molecule has 0 aromatic heterocycles. The molecule has 2 N–H and O–H groups in total. The number of ether oxygens (including phenoxy) is 3. The molecule has 5 nitrogen and oxygen atoms in total. The van der Waals surface area contributed by atoms with Gasteiger partial charge in [-0.25, -0.2) is 4.99 Å². The third-order valence-corrected chi connectivity index (χ3v) is 4.72. The Bertz CT molecular complexity index is 822. The van der Waals surface area contributed by atoms with Gasteiger partial charge in [-0.05, 0) is 60.9 Å². The van der Waals surface area contributed by atoms with E-state index >= 15 is 0 Å². The smallest absolute Gasteiger partial charge is 0.283 e. The summed E-state index contributed by atoms with van der Waals surface area (Å²) in [5.74, 6) is 1.61. The van der Waals surface area contributed by atoms with Crippen LogP contribution in [0.4, 0.5) is 0 Å². The second kappa shape index (κ2) is 6.96. The Morgan fingerprint density at radius 3 is 2.64 bits per heavy atom. The summed E-state index contributed by atoms with van der Waals surface area (Å²) in [6, 6.07) is 12.1. The number of hydrogen-bond donors (Lipinski definition) is 1. The topological polar surface area (TPSA) is 66.1 Å². The summed E-state index contributed by atoms with van der Waals surface area (Å²) < 4.78 is 17.5. The van der Waals surface area contributed by atoms with E-state index in [1.54, 1.807) is 7.11 Å². The summed E-state index contributed by atoms with van der Waals surface area (Å²) in [5.41, 5.74) is 8.14. The van der Waals surface area contributed by atoms with E-state index in [0.717, 1.165) is 32.7 Å². The van der Waals surface area contributed by atoms with Gasteiger partial charge in [0, 0.05) is 4.47 Å². The van der Waals surface area contributed by atoms with Crippen molar-refractivity contribution < 1.29 is 14.2 Å². The van der Waals surface area contributed by atoms with E-state index in [1.165, 1.54) is 0 Å². The van der Waals surface area contributed by atoms with Gasteiger partial charge in [-0.1, -0.05) is 22.0 Å². The van der Waals surface area contributed by atoms with Crippen molar-refractivity contribution in [3.05, 3.63) is 57.6 Å². The first-order valence-electron chi connectivity index (χ1n) is 8.05. The third kappa shape index (κ3) is 3.31. The summed E-state index contributed by atoms with van der Waals surface area (Å²) in [7, 11) is 1.66. The van der Waals surface area contributed by atoms with Crippen molar-refractivity contribution in [2.24, 2.45) is 10.7 Å². The Morgan fingerprint density at radius 1 is 1.24 bits per heavy atom. The molecule has 1 aliphatic heterocycles. The minimum atomic E-state index is -0.712. The van der Waals surface area contributed by atoms with Gasteiger partial charge in [0.15, 0.2) is 5.54 Å². The number of amidine groups is 1. The summed E-state index contributed by atoms with van der Waals surface area (Å²) in [6.07, 6.45) is 0. The van der Waals surface area contributed by atoms with Gasteiger partial charge in [-0.3, -0.25) is 0 Å². The Hall–Kier alpha value is -2.21. The molecule has 1 atom stereocenters. The lowest BCUT2D eigenvalue weighted by Crippen LogP contribution is -2.27. The van der Waals surface area contributed by atoms with Crippen molar-refractivity contribution in [1.82, 2.24) is 0 Å². The summed E-state index contributed by atoms with van der Waals surface area (Å²) in [5, 5.41) is 0. The van der Waals surface area contributed by atoms with Gasteiger partial charge in [0.1, 0.15) is 18.1 Å². The number of nitrogens with zero attached hydrogens (tertiary/aromatic N) is 1. The number of aryl methyl sites for hydroxylation is 1. The van der Waals surface area contributed by atoms with Gasteiger partial charge >= 0.3 is 0 Å². The highest BCUT2D eigenvalue weighted by Crippen LogP contribution is 2.41. The minimum Gasteiger partial charge on any atom is -0.496 e. The van der Waals surface area contributed by atoms with Gasteiger partial charge in [0.25, 0.3) is 6.02 Å². The molecule has 6 heteroatoms. The quantitative estimate of drug-likeness (QED) is 0.823. The number of rotatable bonds is 5. The maximum Gasteiger partial charge on any atom is 0.283 e. The molecule has 25 heavy (non-hydrogen) atoms. The molecule has 0 radical (unpaired) electrons. The van der Waals surface area contributed by atoms with E-state index in [0.29, 0.717) is 13.2 Å². The molecule has 1 aliphatic rings. The van der Waals surface area contributed by atoms with Crippen LogP contribution in [0.1, 0.15) is 23.6 Å². The number of benzene rings is 2. The Labute approximate surface area is 155 Å². The van der Waals surface area contributed by atoms with Crippen molar-refractivity contribution in [1.29, 1.82) is 0 Å². The summed E-state index contributed by atoms with van der Waals surface area (Å²) in [4.78, 5) is 4.65. The molecule has 0 bridgehead atoms. The summed E-state index contributed by atoms with van der Waals surface area (Å²) >= 11 is 3.56. The zero-order chi connectivity index (χ0) is 18.0. The van der Waals surface area contributed by atoms with Crippen molar-refractivity contribution in [2.45, 2.75) is 19.4 Å². The van der Waals surface area contributed by atoms with Gasteiger partial charge in [0.2, 0.25) is 0 Å². The lowest BCUT2D eigenvalue weighted by atomic mass is 9.83. The molecule has 1 heterocycles.